The molecule has 0 radical (unpaired) electrons. The molecule has 1 aromatic rings. The molecule has 1 rings (SSSR count). The highest BCUT2D eigenvalue weighted by atomic mass is 16.4. The van der Waals surface area contributed by atoms with Crippen molar-refractivity contribution in [3.63, 3.8) is 0 Å². The van der Waals surface area contributed by atoms with E-state index in [2.05, 4.69) is 19.1 Å². The summed E-state index contributed by atoms with van der Waals surface area (Å²) in [6.07, 6.45) is 10.8. The molecular formula is C16H25BO2. The molecule has 0 amide bonds. The van der Waals surface area contributed by atoms with Gasteiger partial charge in [0.25, 0.3) is 0 Å². The summed E-state index contributed by atoms with van der Waals surface area (Å²) in [5.74, 6) is 1.36. The third-order valence-electron chi connectivity index (χ3n) is 3.26. The van der Waals surface area contributed by atoms with Crippen LogP contribution in [0.1, 0.15) is 56.6 Å². The Balaban J connectivity index is 2.24. The fraction of sp³-hybridized carbons (Fsp3) is 0.500. The summed E-state index contributed by atoms with van der Waals surface area (Å²) in [5, 5.41) is 17.5. The summed E-state index contributed by atoms with van der Waals surface area (Å²) < 4.78 is 0. The van der Waals surface area contributed by atoms with Crippen molar-refractivity contribution in [1.82, 2.24) is 0 Å². The van der Waals surface area contributed by atoms with Gasteiger partial charge in [0.1, 0.15) is 0 Å². The monoisotopic (exact) mass is 260 g/mol. The molecule has 0 atom stereocenters. The maximum atomic E-state index is 8.74. The molecule has 0 aliphatic carbocycles. The third kappa shape index (κ3) is 7.86. The highest BCUT2D eigenvalue weighted by Gasteiger charge is 1.98. The third-order valence-corrected chi connectivity index (χ3v) is 3.26. The van der Waals surface area contributed by atoms with Gasteiger partial charge in [0.05, 0.1) is 0 Å². The van der Waals surface area contributed by atoms with E-state index in [0.717, 1.165) is 12.0 Å². The molecule has 0 aromatic heterocycles. The van der Waals surface area contributed by atoms with Crippen LogP contribution >= 0.6 is 0 Å². The van der Waals surface area contributed by atoms with Crippen molar-refractivity contribution in [2.45, 2.75) is 51.9 Å². The van der Waals surface area contributed by atoms with Crippen LogP contribution in [0, 0.1) is 0 Å². The van der Waals surface area contributed by atoms with Crippen LogP contribution in [0.5, 0.6) is 0 Å². The Kier molecular flexibility index (Phi) is 8.27. The van der Waals surface area contributed by atoms with Gasteiger partial charge in [0, 0.05) is 0 Å². The Morgan fingerprint density at radius 3 is 2.21 bits per heavy atom. The van der Waals surface area contributed by atoms with E-state index in [4.69, 9.17) is 10.0 Å². The van der Waals surface area contributed by atoms with Crippen LogP contribution in [0.25, 0.3) is 6.08 Å². The van der Waals surface area contributed by atoms with Crippen LogP contribution < -0.4 is 0 Å². The maximum absolute atomic E-state index is 8.74. The van der Waals surface area contributed by atoms with Crippen molar-refractivity contribution < 1.29 is 10.0 Å². The molecule has 0 unspecified atom stereocenters. The molecule has 0 fully saturated rings. The van der Waals surface area contributed by atoms with Gasteiger partial charge < -0.3 is 10.0 Å². The van der Waals surface area contributed by atoms with Crippen LogP contribution in [0.2, 0.25) is 0 Å². The number of benzene rings is 1. The first-order valence-electron chi connectivity index (χ1n) is 7.35. The number of hydrogen-bond acceptors (Lipinski definition) is 2. The van der Waals surface area contributed by atoms with Gasteiger partial charge in [0.15, 0.2) is 0 Å². The van der Waals surface area contributed by atoms with Gasteiger partial charge in [-0.1, -0.05) is 75.3 Å². The molecule has 0 saturated carbocycles. The molecule has 0 saturated heterocycles. The van der Waals surface area contributed by atoms with E-state index in [0.29, 0.717) is 0 Å². The Hall–Kier alpha value is -1.06. The molecule has 0 bridgehead atoms. The number of aryl methyl sites for hydroxylation is 1. The lowest BCUT2D eigenvalue weighted by Gasteiger charge is -2.03. The Morgan fingerprint density at radius 1 is 0.947 bits per heavy atom. The van der Waals surface area contributed by atoms with E-state index in [1.807, 2.05) is 12.1 Å². The smallest absolute Gasteiger partial charge is 0.424 e. The average molecular weight is 260 g/mol. The predicted octanol–water partition coefficient (Wildman–Crippen LogP) is 3.61. The SMILES string of the molecule is CCCCCCCCc1ccc(/C=C/B(O)O)cc1. The average Bonchev–Trinajstić information content (AvgIpc) is 2.41. The van der Waals surface area contributed by atoms with E-state index >= 15 is 0 Å². The Labute approximate surface area is 117 Å². The summed E-state index contributed by atoms with van der Waals surface area (Å²) in [6, 6.07) is 8.28. The van der Waals surface area contributed by atoms with Gasteiger partial charge >= 0.3 is 7.12 Å². The molecule has 19 heavy (non-hydrogen) atoms. The molecule has 104 valence electrons. The summed E-state index contributed by atoms with van der Waals surface area (Å²) in [6.45, 7) is 2.24. The minimum absolute atomic E-state index is 1.000. The Bertz CT molecular complexity index is 358. The number of rotatable bonds is 9. The molecule has 0 aliphatic heterocycles. The highest BCUT2D eigenvalue weighted by Crippen LogP contribution is 2.11. The largest absolute Gasteiger partial charge is 0.480 e. The second-order valence-electron chi connectivity index (χ2n) is 5.03. The van der Waals surface area contributed by atoms with Crippen molar-refractivity contribution in [2.75, 3.05) is 0 Å². The zero-order chi connectivity index (χ0) is 13.9. The van der Waals surface area contributed by atoms with Crippen LogP contribution in [-0.4, -0.2) is 17.2 Å². The van der Waals surface area contributed by atoms with E-state index < -0.39 is 7.12 Å². The van der Waals surface area contributed by atoms with Crippen LogP contribution in [0.3, 0.4) is 0 Å². The van der Waals surface area contributed by atoms with Crippen molar-refractivity contribution in [3.05, 3.63) is 41.4 Å². The van der Waals surface area contributed by atoms with Crippen molar-refractivity contribution in [3.8, 4) is 0 Å². The van der Waals surface area contributed by atoms with Gasteiger partial charge in [-0.25, -0.2) is 0 Å². The fourth-order valence-electron chi connectivity index (χ4n) is 2.10. The minimum Gasteiger partial charge on any atom is -0.424 e. The molecule has 1 aromatic carbocycles. The minimum atomic E-state index is -1.37. The Morgan fingerprint density at radius 2 is 1.58 bits per heavy atom. The van der Waals surface area contributed by atoms with Crippen molar-refractivity contribution in [1.29, 1.82) is 0 Å². The second kappa shape index (κ2) is 9.82. The molecular weight excluding hydrogens is 235 g/mol. The first kappa shape index (κ1) is 16.0. The highest BCUT2D eigenvalue weighted by molar-refractivity contribution is 6.48. The molecule has 0 aliphatic rings. The van der Waals surface area contributed by atoms with E-state index in [-0.39, 0.29) is 0 Å². The first-order valence-corrected chi connectivity index (χ1v) is 7.35. The van der Waals surface area contributed by atoms with Gasteiger partial charge in [-0.3, -0.25) is 0 Å². The van der Waals surface area contributed by atoms with Crippen molar-refractivity contribution >= 4 is 13.2 Å². The number of unbranched alkanes of at least 4 members (excludes halogenated alkanes) is 5. The maximum Gasteiger partial charge on any atom is 0.480 e. The summed E-state index contributed by atoms with van der Waals surface area (Å²) in [4.78, 5) is 0. The number of hydrogen-bond donors (Lipinski definition) is 2. The first-order chi connectivity index (χ1) is 9.22. The van der Waals surface area contributed by atoms with Gasteiger partial charge in [-0.15, -0.1) is 0 Å². The zero-order valence-corrected chi connectivity index (χ0v) is 11.9. The van der Waals surface area contributed by atoms with Crippen LogP contribution in [-0.2, 0) is 6.42 Å². The zero-order valence-electron chi connectivity index (χ0n) is 11.9. The molecule has 3 heteroatoms. The summed E-state index contributed by atoms with van der Waals surface area (Å²) in [7, 11) is -1.37. The molecule has 0 spiro atoms. The topological polar surface area (TPSA) is 40.5 Å². The quantitative estimate of drug-likeness (QED) is 0.526. The van der Waals surface area contributed by atoms with Gasteiger partial charge in [-0.2, -0.15) is 0 Å². The molecule has 2 N–H and O–H groups in total. The fourth-order valence-corrected chi connectivity index (χ4v) is 2.10. The normalized spacial score (nSPS) is 11.1. The standard InChI is InChI=1S/C16H25BO2/c1-2-3-4-5-6-7-8-15-9-11-16(12-10-15)13-14-17(18)19/h9-14,18-19H,2-8H2,1H3/b14-13+. The lowest BCUT2D eigenvalue weighted by atomic mass is 9.90. The lowest BCUT2D eigenvalue weighted by Crippen LogP contribution is -2.05. The molecule has 2 nitrogen and oxygen atoms in total. The van der Waals surface area contributed by atoms with Crippen LogP contribution in [0.15, 0.2) is 30.2 Å². The second-order valence-corrected chi connectivity index (χ2v) is 5.03. The van der Waals surface area contributed by atoms with Gasteiger partial charge in [0.2, 0.25) is 0 Å². The summed E-state index contributed by atoms with van der Waals surface area (Å²) >= 11 is 0. The predicted molar refractivity (Wildman–Crippen MR) is 82.7 cm³/mol. The summed E-state index contributed by atoms with van der Waals surface area (Å²) in [5.41, 5.74) is 2.36. The van der Waals surface area contributed by atoms with Crippen molar-refractivity contribution in [2.24, 2.45) is 0 Å². The van der Waals surface area contributed by atoms with Gasteiger partial charge in [-0.05, 0) is 24.0 Å². The van der Waals surface area contributed by atoms with Crippen LogP contribution in [0.4, 0.5) is 0 Å². The molecule has 0 heterocycles. The van der Waals surface area contributed by atoms with E-state index in [1.54, 1.807) is 6.08 Å². The lowest BCUT2D eigenvalue weighted by molar-refractivity contribution is 0.424. The van der Waals surface area contributed by atoms with E-state index in [1.165, 1.54) is 50.1 Å². The van der Waals surface area contributed by atoms with E-state index in [9.17, 15) is 0 Å².